The van der Waals surface area contributed by atoms with Gasteiger partial charge in [0, 0.05) is 13.1 Å². The zero-order valence-electron chi connectivity index (χ0n) is 9.34. The van der Waals surface area contributed by atoms with E-state index in [1.807, 2.05) is 0 Å². The SMILES string of the molecule is CCC1CC2CN(CC)CC12CC. The van der Waals surface area contributed by atoms with Crippen LogP contribution in [0.3, 0.4) is 0 Å². The number of hydrogen-bond donors (Lipinski definition) is 0. The Bertz CT molecular complexity index is 190. The predicted molar refractivity (Wildman–Crippen MR) is 56.7 cm³/mol. The van der Waals surface area contributed by atoms with Crippen LogP contribution in [0.15, 0.2) is 0 Å². The largest absolute Gasteiger partial charge is 0.303 e. The first-order valence-electron chi connectivity index (χ1n) is 5.99. The minimum atomic E-state index is 0.741. The Labute approximate surface area is 82.5 Å². The number of rotatable bonds is 3. The standard InChI is InChI=1S/C12H23N/c1-4-10-7-11-8-13(6-3)9-12(10,11)5-2/h10-11H,4-9H2,1-3H3. The van der Waals surface area contributed by atoms with Gasteiger partial charge in [0.1, 0.15) is 0 Å². The number of hydrogen-bond acceptors (Lipinski definition) is 1. The second-order valence-corrected chi connectivity index (χ2v) is 4.95. The third-order valence-corrected chi connectivity index (χ3v) is 4.79. The van der Waals surface area contributed by atoms with E-state index in [0.29, 0.717) is 0 Å². The van der Waals surface area contributed by atoms with Crippen molar-refractivity contribution in [1.82, 2.24) is 4.90 Å². The minimum Gasteiger partial charge on any atom is -0.303 e. The van der Waals surface area contributed by atoms with E-state index in [9.17, 15) is 0 Å². The van der Waals surface area contributed by atoms with E-state index in [0.717, 1.165) is 17.3 Å². The normalized spacial score (nSPS) is 44.5. The Kier molecular flexibility index (Phi) is 2.39. The van der Waals surface area contributed by atoms with E-state index in [1.165, 1.54) is 38.9 Å². The van der Waals surface area contributed by atoms with Crippen molar-refractivity contribution in [3.63, 3.8) is 0 Å². The molecule has 13 heavy (non-hydrogen) atoms. The molecule has 0 N–H and O–H groups in total. The molecule has 0 amide bonds. The quantitative estimate of drug-likeness (QED) is 0.647. The monoisotopic (exact) mass is 181 g/mol. The molecule has 2 aliphatic rings. The Morgan fingerprint density at radius 1 is 1.31 bits per heavy atom. The van der Waals surface area contributed by atoms with E-state index in [1.54, 1.807) is 0 Å². The summed E-state index contributed by atoms with van der Waals surface area (Å²) in [5, 5.41) is 0. The smallest absolute Gasteiger partial charge is 0.00437 e. The summed E-state index contributed by atoms with van der Waals surface area (Å²) in [5.74, 6) is 2.08. The minimum absolute atomic E-state index is 0.741. The molecule has 3 unspecified atom stereocenters. The van der Waals surface area contributed by atoms with E-state index in [-0.39, 0.29) is 0 Å². The lowest BCUT2D eigenvalue weighted by Gasteiger charge is -2.52. The Morgan fingerprint density at radius 3 is 2.62 bits per heavy atom. The maximum atomic E-state index is 2.66. The van der Waals surface area contributed by atoms with Gasteiger partial charge in [0.2, 0.25) is 0 Å². The molecule has 1 saturated heterocycles. The molecule has 2 fully saturated rings. The summed E-state index contributed by atoms with van der Waals surface area (Å²) in [6.45, 7) is 11.1. The van der Waals surface area contributed by atoms with Crippen molar-refractivity contribution in [3.8, 4) is 0 Å². The van der Waals surface area contributed by atoms with Gasteiger partial charge >= 0.3 is 0 Å². The lowest BCUT2D eigenvalue weighted by molar-refractivity contribution is -0.0173. The van der Waals surface area contributed by atoms with Gasteiger partial charge in [-0.25, -0.2) is 0 Å². The summed E-state index contributed by atoms with van der Waals surface area (Å²) < 4.78 is 0. The van der Waals surface area contributed by atoms with Gasteiger partial charge in [-0.3, -0.25) is 0 Å². The van der Waals surface area contributed by atoms with Crippen molar-refractivity contribution < 1.29 is 0 Å². The fourth-order valence-electron chi connectivity index (χ4n) is 3.80. The van der Waals surface area contributed by atoms with Crippen LogP contribution >= 0.6 is 0 Å². The maximum absolute atomic E-state index is 2.66. The molecule has 0 aromatic rings. The van der Waals surface area contributed by atoms with Gasteiger partial charge in [-0.15, -0.1) is 0 Å². The van der Waals surface area contributed by atoms with Gasteiger partial charge in [0.05, 0.1) is 0 Å². The molecular formula is C12H23N. The van der Waals surface area contributed by atoms with Crippen molar-refractivity contribution in [2.45, 2.75) is 40.0 Å². The molecule has 1 aliphatic heterocycles. The van der Waals surface area contributed by atoms with Crippen molar-refractivity contribution in [1.29, 1.82) is 0 Å². The predicted octanol–water partition coefficient (Wildman–Crippen LogP) is 2.76. The third-order valence-electron chi connectivity index (χ3n) is 4.79. The van der Waals surface area contributed by atoms with Gasteiger partial charge in [-0.1, -0.05) is 27.2 Å². The molecule has 1 aliphatic carbocycles. The van der Waals surface area contributed by atoms with Crippen LogP contribution in [0.1, 0.15) is 40.0 Å². The average molecular weight is 181 g/mol. The molecule has 1 saturated carbocycles. The van der Waals surface area contributed by atoms with Crippen LogP contribution in [0.2, 0.25) is 0 Å². The second-order valence-electron chi connectivity index (χ2n) is 4.95. The van der Waals surface area contributed by atoms with Crippen LogP contribution in [0.5, 0.6) is 0 Å². The lowest BCUT2D eigenvalue weighted by atomic mass is 9.52. The van der Waals surface area contributed by atoms with Crippen LogP contribution in [0.4, 0.5) is 0 Å². The highest BCUT2D eigenvalue weighted by atomic mass is 15.2. The fourth-order valence-corrected chi connectivity index (χ4v) is 3.80. The van der Waals surface area contributed by atoms with Gasteiger partial charge < -0.3 is 4.90 Å². The van der Waals surface area contributed by atoms with Crippen molar-refractivity contribution in [2.24, 2.45) is 17.3 Å². The number of likely N-dealkylation sites (tertiary alicyclic amines) is 1. The number of fused-ring (bicyclic) bond motifs is 1. The van der Waals surface area contributed by atoms with Crippen LogP contribution in [0.25, 0.3) is 0 Å². The van der Waals surface area contributed by atoms with Crippen LogP contribution in [-0.4, -0.2) is 24.5 Å². The van der Waals surface area contributed by atoms with Crippen LogP contribution < -0.4 is 0 Å². The number of nitrogens with zero attached hydrogens (tertiary/aromatic N) is 1. The molecule has 2 rings (SSSR count). The molecule has 76 valence electrons. The van der Waals surface area contributed by atoms with E-state index < -0.39 is 0 Å². The molecule has 1 heterocycles. The van der Waals surface area contributed by atoms with Crippen molar-refractivity contribution >= 4 is 0 Å². The van der Waals surface area contributed by atoms with Gasteiger partial charge in [-0.05, 0) is 36.6 Å². The highest BCUT2D eigenvalue weighted by Gasteiger charge is 2.56. The van der Waals surface area contributed by atoms with Crippen LogP contribution in [0, 0.1) is 17.3 Å². The van der Waals surface area contributed by atoms with Gasteiger partial charge in [-0.2, -0.15) is 0 Å². The molecule has 3 atom stereocenters. The first-order chi connectivity index (χ1) is 6.26. The fraction of sp³-hybridized carbons (Fsp3) is 1.00. The molecule has 0 radical (unpaired) electrons. The Morgan fingerprint density at radius 2 is 2.08 bits per heavy atom. The van der Waals surface area contributed by atoms with Gasteiger partial charge in [0.25, 0.3) is 0 Å². The summed E-state index contributed by atoms with van der Waals surface area (Å²) in [5.41, 5.74) is 0.741. The van der Waals surface area contributed by atoms with Gasteiger partial charge in [0.15, 0.2) is 0 Å². The van der Waals surface area contributed by atoms with Crippen LogP contribution in [-0.2, 0) is 0 Å². The molecule has 0 aromatic carbocycles. The average Bonchev–Trinajstić information content (AvgIpc) is 2.42. The zero-order valence-corrected chi connectivity index (χ0v) is 9.34. The molecule has 0 aromatic heterocycles. The summed E-state index contributed by atoms with van der Waals surface area (Å²) in [4.78, 5) is 2.66. The third kappa shape index (κ3) is 1.16. The first kappa shape index (κ1) is 9.51. The van der Waals surface area contributed by atoms with Crippen molar-refractivity contribution in [3.05, 3.63) is 0 Å². The molecule has 1 heteroatoms. The Balaban J connectivity index is 2.08. The first-order valence-corrected chi connectivity index (χ1v) is 5.99. The maximum Gasteiger partial charge on any atom is 0.00437 e. The van der Waals surface area contributed by atoms with E-state index in [2.05, 4.69) is 25.7 Å². The highest BCUT2D eigenvalue weighted by Crippen LogP contribution is 2.59. The van der Waals surface area contributed by atoms with Crippen molar-refractivity contribution in [2.75, 3.05) is 19.6 Å². The van der Waals surface area contributed by atoms with E-state index in [4.69, 9.17) is 0 Å². The summed E-state index contributed by atoms with van der Waals surface area (Å²) in [6, 6.07) is 0. The van der Waals surface area contributed by atoms with E-state index >= 15 is 0 Å². The summed E-state index contributed by atoms with van der Waals surface area (Å²) in [7, 11) is 0. The Hall–Kier alpha value is -0.0400. The molecular weight excluding hydrogens is 158 g/mol. The molecule has 0 bridgehead atoms. The highest BCUT2D eigenvalue weighted by molar-refractivity contribution is 5.07. The topological polar surface area (TPSA) is 3.24 Å². The second kappa shape index (κ2) is 3.27. The zero-order chi connectivity index (χ0) is 9.47. The molecule has 1 nitrogen and oxygen atoms in total. The summed E-state index contributed by atoms with van der Waals surface area (Å²) >= 11 is 0. The molecule has 0 spiro atoms. The lowest BCUT2D eigenvalue weighted by Crippen LogP contribution is -2.47. The summed E-state index contributed by atoms with van der Waals surface area (Å²) in [6.07, 6.45) is 4.33.